The molecule has 2 aromatic carbocycles. The van der Waals surface area contributed by atoms with Crippen LogP contribution < -0.4 is 4.90 Å². The molecule has 0 spiro atoms. The molecule has 5 nitrogen and oxygen atoms in total. The maximum atomic E-state index is 12.2. The summed E-state index contributed by atoms with van der Waals surface area (Å²) in [5.41, 5.74) is 3.20. The second kappa shape index (κ2) is 11.1. The van der Waals surface area contributed by atoms with Crippen molar-refractivity contribution in [1.82, 2.24) is 0 Å². The molecule has 0 amide bonds. The van der Waals surface area contributed by atoms with Gasteiger partial charge in [-0.05, 0) is 30.2 Å². The fourth-order valence-electron chi connectivity index (χ4n) is 2.73. The highest BCUT2D eigenvalue weighted by Crippen LogP contribution is 2.23. The average Bonchev–Trinajstić information content (AvgIpc) is 2.76. The first-order valence-corrected chi connectivity index (χ1v) is 9.33. The van der Waals surface area contributed by atoms with Gasteiger partial charge in [-0.3, -0.25) is 0 Å². The van der Waals surface area contributed by atoms with Crippen LogP contribution in [0.5, 0.6) is 0 Å². The van der Waals surface area contributed by atoms with Crippen LogP contribution in [0.4, 0.5) is 5.69 Å². The summed E-state index contributed by atoms with van der Waals surface area (Å²) >= 11 is 0. The molecule has 2 aromatic rings. The van der Waals surface area contributed by atoms with Crippen LogP contribution in [0.3, 0.4) is 0 Å². The first kappa shape index (κ1) is 21.5. The molecule has 0 atom stereocenters. The molecule has 0 aliphatic carbocycles. The van der Waals surface area contributed by atoms with Crippen molar-refractivity contribution in [3.8, 4) is 12.1 Å². The lowest BCUT2D eigenvalue weighted by Gasteiger charge is -2.17. The van der Waals surface area contributed by atoms with E-state index in [4.69, 9.17) is 10.00 Å². The lowest BCUT2D eigenvalue weighted by molar-refractivity contribution is -0.137. The van der Waals surface area contributed by atoms with E-state index in [0.29, 0.717) is 18.5 Å². The number of ether oxygens (including phenoxy) is 1. The highest BCUT2D eigenvalue weighted by atomic mass is 16.5. The zero-order valence-electron chi connectivity index (χ0n) is 16.6. The molecule has 0 aliphatic rings. The quantitative estimate of drug-likeness (QED) is 0.287. The molecule has 29 heavy (non-hydrogen) atoms. The molecular formula is C24H23N3O2. The number of carbonyl (C=O) groups is 1. The third-order valence-electron chi connectivity index (χ3n) is 4.28. The minimum atomic E-state index is -0.632. The van der Waals surface area contributed by atoms with E-state index >= 15 is 0 Å². The molecule has 0 fully saturated rings. The fraction of sp³-hybridized carbons (Fsp3) is 0.208. The Balaban J connectivity index is 2.34. The topological polar surface area (TPSA) is 77.1 Å². The van der Waals surface area contributed by atoms with Crippen LogP contribution in [-0.4, -0.2) is 26.2 Å². The number of anilines is 1. The predicted octanol–water partition coefficient (Wildman–Crippen LogP) is 4.59. The third-order valence-corrected chi connectivity index (χ3v) is 4.28. The zero-order valence-corrected chi connectivity index (χ0v) is 16.6. The minimum absolute atomic E-state index is 0.0258. The number of hydrogen-bond donors (Lipinski definition) is 0. The van der Waals surface area contributed by atoms with E-state index < -0.39 is 5.97 Å². The number of hydrogen-bond acceptors (Lipinski definition) is 5. The third kappa shape index (κ3) is 6.09. The molecular weight excluding hydrogens is 362 g/mol. The van der Waals surface area contributed by atoms with E-state index in [0.717, 1.165) is 16.8 Å². The van der Waals surface area contributed by atoms with Crippen LogP contribution in [0.25, 0.3) is 11.6 Å². The van der Waals surface area contributed by atoms with Gasteiger partial charge in [-0.25, -0.2) is 4.79 Å². The number of rotatable bonds is 8. The molecule has 0 heterocycles. The van der Waals surface area contributed by atoms with Crippen molar-refractivity contribution in [3.05, 3.63) is 77.4 Å². The van der Waals surface area contributed by atoms with Crippen molar-refractivity contribution >= 4 is 23.3 Å². The summed E-state index contributed by atoms with van der Waals surface area (Å²) in [6, 6.07) is 21.3. The number of esters is 1. The fourth-order valence-corrected chi connectivity index (χ4v) is 2.73. The molecule has 5 heteroatoms. The summed E-state index contributed by atoms with van der Waals surface area (Å²) in [7, 11) is 1.94. The number of benzene rings is 2. The Kier molecular flexibility index (Phi) is 8.23. The SMILES string of the molecule is CCOC(=O)C(C#N)=C(C=Cc1ccc(N(C)CCC#N)cc1)c1ccccc1. The number of nitrogens with zero attached hydrogens (tertiary/aromatic N) is 3. The van der Waals surface area contributed by atoms with Crippen LogP contribution in [0.2, 0.25) is 0 Å². The predicted molar refractivity (Wildman–Crippen MR) is 115 cm³/mol. The Labute approximate surface area is 171 Å². The number of carbonyl (C=O) groups excluding carboxylic acids is 1. The van der Waals surface area contributed by atoms with E-state index in [2.05, 4.69) is 6.07 Å². The van der Waals surface area contributed by atoms with Gasteiger partial charge in [0.25, 0.3) is 0 Å². The van der Waals surface area contributed by atoms with Gasteiger partial charge in [0.1, 0.15) is 11.6 Å². The van der Waals surface area contributed by atoms with E-state index in [1.54, 1.807) is 13.0 Å². The van der Waals surface area contributed by atoms with Crippen molar-refractivity contribution in [2.45, 2.75) is 13.3 Å². The maximum absolute atomic E-state index is 12.2. The largest absolute Gasteiger partial charge is 0.462 e. The standard InChI is InChI=1S/C24H23N3O2/c1-3-29-24(28)23(18-26)22(20-8-5-4-6-9-20)15-12-19-10-13-21(14-11-19)27(2)17-7-16-25/h4-6,8-15H,3,7,17H2,1-2H3. The van der Waals surface area contributed by atoms with Crippen molar-refractivity contribution in [2.24, 2.45) is 0 Å². The van der Waals surface area contributed by atoms with Gasteiger partial charge in [-0.15, -0.1) is 0 Å². The van der Waals surface area contributed by atoms with Crippen LogP contribution in [0.1, 0.15) is 24.5 Å². The van der Waals surface area contributed by atoms with Gasteiger partial charge in [0, 0.05) is 24.9 Å². The van der Waals surface area contributed by atoms with Gasteiger partial charge in [-0.2, -0.15) is 10.5 Å². The summed E-state index contributed by atoms with van der Waals surface area (Å²) in [6.45, 7) is 2.58. The normalized spacial score (nSPS) is 11.3. The highest BCUT2D eigenvalue weighted by molar-refractivity contribution is 6.04. The van der Waals surface area contributed by atoms with Gasteiger partial charge in [0.15, 0.2) is 0 Å². The molecule has 0 bridgehead atoms. The lowest BCUT2D eigenvalue weighted by atomic mass is 9.99. The van der Waals surface area contributed by atoms with Gasteiger partial charge in [-0.1, -0.05) is 54.6 Å². The van der Waals surface area contributed by atoms with E-state index in [9.17, 15) is 10.1 Å². The molecule has 146 valence electrons. The molecule has 0 radical (unpaired) electrons. The summed E-state index contributed by atoms with van der Waals surface area (Å²) in [4.78, 5) is 14.3. The van der Waals surface area contributed by atoms with E-state index in [1.807, 2.05) is 78.7 Å². The first-order chi connectivity index (χ1) is 14.1. The number of nitriles is 2. The Morgan fingerprint density at radius 2 is 1.79 bits per heavy atom. The van der Waals surface area contributed by atoms with Gasteiger partial charge < -0.3 is 9.64 Å². The molecule has 0 aromatic heterocycles. The maximum Gasteiger partial charge on any atom is 0.349 e. The van der Waals surface area contributed by atoms with Crippen LogP contribution in [0, 0.1) is 22.7 Å². The Morgan fingerprint density at radius 3 is 2.38 bits per heavy atom. The van der Waals surface area contributed by atoms with Crippen molar-refractivity contribution in [3.63, 3.8) is 0 Å². The Bertz CT molecular complexity index is 962. The monoisotopic (exact) mass is 385 g/mol. The highest BCUT2D eigenvalue weighted by Gasteiger charge is 2.16. The van der Waals surface area contributed by atoms with Crippen molar-refractivity contribution < 1.29 is 9.53 Å². The van der Waals surface area contributed by atoms with Crippen LogP contribution >= 0.6 is 0 Å². The van der Waals surface area contributed by atoms with Crippen LogP contribution in [-0.2, 0) is 9.53 Å². The summed E-state index contributed by atoms with van der Waals surface area (Å²) in [6.07, 6.45) is 4.09. The van der Waals surface area contributed by atoms with E-state index in [1.165, 1.54) is 0 Å². The second-order valence-corrected chi connectivity index (χ2v) is 6.24. The Morgan fingerprint density at radius 1 is 1.10 bits per heavy atom. The molecule has 0 aliphatic heterocycles. The summed E-state index contributed by atoms with van der Waals surface area (Å²) in [5, 5.41) is 18.3. The molecule has 2 rings (SSSR count). The number of allylic oxidation sites excluding steroid dienone is 2. The van der Waals surface area contributed by atoms with Gasteiger partial charge in [0.2, 0.25) is 0 Å². The summed E-state index contributed by atoms with van der Waals surface area (Å²) in [5.74, 6) is -0.632. The van der Waals surface area contributed by atoms with E-state index in [-0.39, 0.29) is 12.2 Å². The minimum Gasteiger partial charge on any atom is -0.462 e. The molecule has 0 N–H and O–H groups in total. The van der Waals surface area contributed by atoms with Crippen molar-refractivity contribution in [1.29, 1.82) is 10.5 Å². The van der Waals surface area contributed by atoms with Gasteiger partial charge >= 0.3 is 5.97 Å². The molecule has 0 unspecified atom stereocenters. The smallest absolute Gasteiger partial charge is 0.349 e. The van der Waals surface area contributed by atoms with Crippen LogP contribution in [0.15, 0.2) is 66.2 Å². The first-order valence-electron chi connectivity index (χ1n) is 9.33. The van der Waals surface area contributed by atoms with Gasteiger partial charge in [0.05, 0.1) is 19.1 Å². The zero-order chi connectivity index (χ0) is 21.1. The summed E-state index contributed by atoms with van der Waals surface area (Å²) < 4.78 is 5.04. The molecule has 0 saturated heterocycles. The average molecular weight is 385 g/mol. The molecule has 0 saturated carbocycles. The lowest BCUT2D eigenvalue weighted by Crippen LogP contribution is -2.17. The van der Waals surface area contributed by atoms with Crippen molar-refractivity contribution in [2.75, 3.05) is 25.1 Å². The second-order valence-electron chi connectivity index (χ2n) is 6.24. The Hall–Kier alpha value is -3.83.